The molecule has 3 N–H and O–H groups in total. The monoisotopic (exact) mass is 293 g/mol. The van der Waals surface area contributed by atoms with Crippen LogP contribution in [0.3, 0.4) is 0 Å². The number of nitrogens with one attached hydrogen (secondary N) is 1. The molecule has 0 fully saturated rings. The first-order valence-electron chi connectivity index (χ1n) is 6.56. The topological polar surface area (TPSA) is 78.8 Å². The maximum absolute atomic E-state index is 11.7. The van der Waals surface area contributed by atoms with E-state index in [1.807, 2.05) is 13.2 Å². The van der Waals surface area contributed by atoms with Crippen molar-refractivity contribution < 1.29 is 19.7 Å². The predicted molar refractivity (Wildman–Crippen MR) is 78.5 cm³/mol. The van der Waals surface area contributed by atoms with Crippen molar-refractivity contribution in [2.75, 3.05) is 12.9 Å². The lowest BCUT2D eigenvalue weighted by Gasteiger charge is -2.29. The van der Waals surface area contributed by atoms with Crippen molar-refractivity contribution in [3.8, 4) is 0 Å². The summed E-state index contributed by atoms with van der Waals surface area (Å²) in [7, 11) is 0. The summed E-state index contributed by atoms with van der Waals surface area (Å²) in [5.41, 5.74) is -0.558. The summed E-state index contributed by atoms with van der Waals surface area (Å²) < 4.78 is 5.18. The number of thioether (sulfide) groups is 1. The molecule has 0 saturated heterocycles. The Hall–Kier alpha value is -0.460. The molecule has 1 unspecified atom stereocenters. The lowest BCUT2D eigenvalue weighted by molar-refractivity contribution is 0.0410. The number of rotatable bonds is 7. The molecular weight excluding hydrogens is 266 g/mol. The van der Waals surface area contributed by atoms with Gasteiger partial charge in [0.05, 0.1) is 12.1 Å². The molecule has 0 heterocycles. The van der Waals surface area contributed by atoms with Gasteiger partial charge >= 0.3 is 6.09 Å². The molecule has 19 heavy (non-hydrogen) atoms. The molecule has 114 valence electrons. The van der Waals surface area contributed by atoms with E-state index in [2.05, 4.69) is 5.32 Å². The zero-order valence-corrected chi connectivity index (χ0v) is 13.3. The minimum Gasteiger partial charge on any atom is -0.444 e. The minimum absolute atomic E-state index is 0.0193. The molecule has 5 nitrogen and oxygen atoms in total. The number of carbonyl (C=O) groups excluding carboxylic acids is 1. The molecule has 0 spiro atoms. The Kier molecular flexibility index (Phi) is 8.45. The summed E-state index contributed by atoms with van der Waals surface area (Å²) >= 11 is 1.48. The highest BCUT2D eigenvalue weighted by molar-refractivity contribution is 7.99. The number of amides is 1. The van der Waals surface area contributed by atoms with Crippen LogP contribution in [0, 0.1) is 0 Å². The first-order valence-corrected chi connectivity index (χ1v) is 7.85. The van der Waals surface area contributed by atoms with Crippen LogP contribution in [0.5, 0.6) is 0 Å². The second-order valence-corrected chi connectivity index (χ2v) is 6.51. The number of carbonyl (C=O) groups is 1. The fourth-order valence-corrected chi connectivity index (χ4v) is 2.51. The molecule has 0 aromatic heterocycles. The Morgan fingerprint density at radius 1 is 1.42 bits per heavy atom. The van der Waals surface area contributed by atoms with Crippen LogP contribution in [-0.4, -0.2) is 52.2 Å². The van der Waals surface area contributed by atoms with Crippen LogP contribution in [0.1, 0.15) is 40.5 Å². The number of aliphatic hydroxyl groups excluding tert-OH is 2. The Morgan fingerprint density at radius 3 is 2.37 bits per heavy atom. The van der Waals surface area contributed by atoms with Crippen LogP contribution >= 0.6 is 11.8 Å². The maximum atomic E-state index is 11.7. The van der Waals surface area contributed by atoms with Gasteiger partial charge in [0.15, 0.2) is 0 Å². The van der Waals surface area contributed by atoms with E-state index >= 15 is 0 Å². The Bertz CT molecular complexity index is 268. The third kappa shape index (κ3) is 7.64. The molecule has 0 aromatic rings. The average Bonchev–Trinajstić information content (AvgIpc) is 2.29. The van der Waals surface area contributed by atoms with Gasteiger partial charge in [0.1, 0.15) is 5.60 Å². The molecule has 6 heteroatoms. The standard InChI is InChI=1S/C13H27NO4S/c1-6-9(11(16)10(19-5)7-8-15)14-12(17)18-13(2,3)4/h9-11,15-16H,6-8H2,1-5H3,(H,14,17)/t9?,10-,11-/m0/s1. The van der Waals surface area contributed by atoms with Crippen molar-refractivity contribution >= 4 is 17.9 Å². The predicted octanol–water partition coefficient (Wildman–Crippen LogP) is 1.76. The van der Waals surface area contributed by atoms with Gasteiger partial charge in [-0.1, -0.05) is 6.92 Å². The molecule has 0 rings (SSSR count). The van der Waals surface area contributed by atoms with E-state index in [9.17, 15) is 9.90 Å². The van der Waals surface area contributed by atoms with Gasteiger partial charge in [0.25, 0.3) is 0 Å². The molecule has 3 atom stereocenters. The summed E-state index contributed by atoms with van der Waals surface area (Å²) in [6.07, 6.45) is 1.74. The van der Waals surface area contributed by atoms with E-state index in [4.69, 9.17) is 9.84 Å². The number of ether oxygens (including phenoxy) is 1. The normalized spacial score (nSPS) is 16.6. The summed E-state index contributed by atoms with van der Waals surface area (Å²) in [6.45, 7) is 7.29. The number of hydrogen-bond donors (Lipinski definition) is 3. The number of aliphatic hydroxyl groups is 2. The quantitative estimate of drug-likeness (QED) is 0.666. The third-order valence-electron chi connectivity index (χ3n) is 2.65. The Labute approximate surface area is 120 Å². The van der Waals surface area contributed by atoms with Gasteiger partial charge in [0, 0.05) is 11.9 Å². The summed E-state index contributed by atoms with van der Waals surface area (Å²) in [5, 5.41) is 21.8. The average molecular weight is 293 g/mol. The van der Waals surface area contributed by atoms with Gasteiger partial charge in [-0.25, -0.2) is 4.79 Å². The second kappa shape index (κ2) is 8.66. The molecule has 0 aliphatic rings. The van der Waals surface area contributed by atoms with Crippen LogP contribution in [0.15, 0.2) is 0 Å². The highest BCUT2D eigenvalue weighted by Gasteiger charge is 2.28. The van der Waals surface area contributed by atoms with Crippen molar-refractivity contribution in [3.63, 3.8) is 0 Å². The van der Waals surface area contributed by atoms with Gasteiger partial charge in [-0.05, 0) is 39.9 Å². The first kappa shape index (κ1) is 18.5. The van der Waals surface area contributed by atoms with Gasteiger partial charge in [-0.3, -0.25) is 0 Å². The Balaban J connectivity index is 4.51. The van der Waals surface area contributed by atoms with Crippen LogP contribution in [0.2, 0.25) is 0 Å². The highest BCUT2D eigenvalue weighted by Crippen LogP contribution is 2.19. The number of hydrogen-bond acceptors (Lipinski definition) is 5. The van der Waals surface area contributed by atoms with Crippen molar-refractivity contribution in [3.05, 3.63) is 0 Å². The molecular formula is C13H27NO4S. The third-order valence-corrected chi connectivity index (χ3v) is 3.77. The van der Waals surface area contributed by atoms with Crippen LogP contribution in [0.4, 0.5) is 4.79 Å². The van der Waals surface area contributed by atoms with E-state index in [1.54, 1.807) is 20.8 Å². The van der Waals surface area contributed by atoms with E-state index in [1.165, 1.54) is 11.8 Å². The first-order chi connectivity index (χ1) is 8.75. The molecule has 0 bridgehead atoms. The number of alkyl carbamates (subject to hydrolysis) is 1. The fraction of sp³-hybridized carbons (Fsp3) is 0.923. The van der Waals surface area contributed by atoms with E-state index in [0.29, 0.717) is 12.8 Å². The lowest BCUT2D eigenvalue weighted by atomic mass is 10.0. The Morgan fingerprint density at radius 2 is 2.00 bits per heavy atom. The maximum Gasteiger partial charge on any atom is 0.407 e. The van der Waals surface area contributed by atoms with E-state index in [0.717, 1.165) is 0 Å². The second-order valence-electron chi connectivity index (χ2n) is 5.44. The minimum atomic E-state index is -0.709. The van der Waals surface area contributed by atoms with Crippen molar-refractivity contribution in [2.45, 2.75) is 63.5 Å². The molecule has 0 aliphatic heterocycles. The summed E-state index contributed by atoms with van der Waals surface area (Å²) in [4.78, 5) is 11.7. The van der Waals surface area contributed by atoms with Crippen molar-refractivity contribution in [1.82, 2.24) is 5.32 Å². The van der Waals surface area contributed by atoms with E-state index in [-0.39, 0.29) is 17.9 Å². The van der Waals surface area contributed by atoms with Gasteiger partial charge in [-0.15, -0.1) is 0 Å². The SMILES string of the molecule is CCC(NC(=O)OC(C)(C)C)[C@H](O)[C@H](CCO)SC. The lowest BCUT2D eigenvalue weighted by Crippen LogP contribution is -2.48. The fourth-order valence-electron chi connectivity index (χ4n) is 1.70. The molecule has 0 saturated carbocycles. The molecule has 1 amide bonds. The van der Waals surface area contributed by atoms with Gasteiger partial charge in [-0.2, -0.15) is 11.8 Å². The summed E-state index contributed by atoms with van der Waals surface area (Å²) in [6, 6.07) is -0.376. The molecule has 0 radical (unpaired) electrons. The van der Waals surface area contributed by atoms with E-state index < -0.39 is 17.8 Å². The van der Waals surface area contributed by atoms with Crippen molar-refractivity contribution in [1.29, 1.82) is 0 Å². The summed E-state index contributed by atoms with van der Waals surface area (Å²) in [5.74, 6) is 0. The smallest absolute Gasteiger partial charge is 0.407 e. The van der Waals surface area contributed by atoms with Crippen LogP contribution in [0.25, 0.3) is 0 Å². The zero-order valence-electron chi connectivity index (χ0n) is 12.5. The zero-order chi connectivity index (χ0) is 15.1. The van der Waals surface area contributed by atoms with Gasteiger partial charge < -0.3 is 20.3 Å². The van der Waals surface area contributed by atoms with Gasteiger partial charge in [0.2, 0.25) is 0 Å². The van der Waals surface area contributed by atoms with Crippen molar-refractivity contribution in [2.24, 2.45) is 0 Å². The molecule has 0 aromatic carbocycles. The molecule has 0 aliphatic carbocycles. The largest absolute Gasteiger partial charge is 0.444 e. The van der Waals surface area contributed by atoms with Crippen LogP contribution in [-0.2, 0) is 4.74 Å². The van der Waals surface area contributed by atoms with Crippen LogP contribution < -0.4 is 5.32 Å². The highest BCUT2D eigenvalue weighted by atomic mass is 32.2.